The van der Waals surface area contributed by atoms with Gasteiger partial charge in [0.2, 0.25) is 0 Å². The number of carbonyl (C=O) groups is 1. The molecule has 0 amide bonds. The molecule has 0 aromatic rings. The molecular weight excluding hydrogens is 142 g/mol. The number of carboxylic acids is 1. The van der Waals surface area contributed by atoms with Crippen LogP contribution < -0.4 is 5.73 Å². The Labute approximate surface area is 66.6 Å². The average molecular weight is 157 g/mol. The standard InChI is InChI=1S/C8H15NO2/c1-5(8(10)11)7(9)6-3-2-4-6/h5-7H,2-4,9H2,1H3,(H,10,11). The summed E-state index contributed by atoms with van der Waals surface area (Å²) in [5.74, 6) is -0.703. The Kier molecular flexibility index (Phi) is 2.49. The lowest BCUT2D eigenvalue weighted by molar-refractivity contribution is -0.142. The molecule has 2 atom stereocenters. The molecule has 1 saturated carbocycles. The molecule has 3 nitrogen and oxygen atoms in total. The van der Waals surface area contributed by atoms with Crippen molar-refractivity contribution in [3.05, 3.63) is 0 Å². The molecule has 0 aromatic carbocycles. The monoisotopic (exact) mass is 157 g/mol. The van der Waals surface area contributed by atoms with Crippen molar-refractivity contribution in [2.24, 2.45) is 17.6 Å². The van der Waals surface area contributed by atoms with Gasteiger partial charge in [0.25, 0.3) is 0 Å². The van der Waals surface area contributed by atoms with Gasteiger partial charge in [-0.3, -0.25) is 4.79 Å². The highest BCUT2D eigenvalue weighted by molar-refractivity contribution is 5.70. The Morgan fingerprint density at radius 2 is 2.18 bits per heavy atom. The third-order valence-corrected chi connectivity index (χ3v) is 2.66. The summed E-state index contributed by atoms with van der Waals surface area (Å²) in [6, 6.07) is -0.138. The van der Waals surface area contributed by atoms with Gasteiger partial charge < -0.3 is 10.8 Å². The maximum absolute atomic E-state index is 10.5. The average Bonchev–Trinajstić information content (AvgIpc) is 1.82. The molecule has 1 fully saturated rings. The van der Waals surface area contributed by atoms with Gasteiger partial charge in [-0.25, -0.2) is 0 Å². The minimum Gasteiger partial charge on any atom is -0.481 e. The summed E-state index contributed by atoms with van der Waals surface area (Å²) in [6.45, 7) is 1.69. The van der Waals surface area contributed by atoms with E-state index in [2.05, 4.69) is 0 Å². The highest BCUT2D eigenvalue weighted by Crippen LogP contribution is 2.31. The second kappa shape index (κ2) is 3.22. The molecule has 0 heterocycles. The van der Waals surface area contributed by atoms with E-state index in [1.807, 2.05) is 0 Å². The zero-order valence-electron chi connectivity index (χ0n) is 6.79. The van der Waals surface area contributed by atoms with Crippen molar-refractivity contribution in [3.8, 4) is 0 Å². The second-order valence-electron chi connectivity index (χ2n) is 3.40. The highest BCUT2D eigenvalue weighted by Gasteiger charge is 2.31. The Morgan fingerprint density at radius 1 is 1.64 bits per heavy atom. The van der Waals surface area contributed by atoms with Crippen molar-refractivity contribution in [2.75, 3.05) is 0 Å². The summed E-state index contributed by atoms with van der Waals surface area (Å²) >= 11 is 0. The quantitative estimate of drug-likeness (QED) is 0.638. The predicted molar refractivity (Wildman–Crippen MR) is 42.1 cm³/mol. The largest absolute Gasteiger partial charge is 0.481 e. The van der Waals surface area contributed by atoms with E-state index in [1.165, 1.54) is 6.42 Å². The van der Waals surface area contributed by atoms with E-state index in [-0.39, 0.29) is 12.0 Å². The van der Waals surface area contributed by atoms with Crippen molar-refractivity contribution < 1.29 is 9.90 Å². The van der Waals surface area contributed by atoms with E-state index >= 15 is 0 Å². The van der Waals surface area contributed by atoms with Gasteiger partial charge >= 0.3 is 5.97 Å². The van der Waals surface area contributed by atoms with Crippen LogP contribution in [0, 0.1) is 11.8 Å². The van der Waals surface area contributed by atoms with E-state index in [0.717, 1.165) is 12.8 Å². The lowest BCUT2D eigenvalue weighted by Crippen LogP contribution is -2.42. The number of nitrogens with two attached hydrogens (primary N) is 1. The zero-order valence-corrected chi connectivity index (χ0v) is 6.79. The molecule has 64 valence electrons. The summed E-state index contributed by atoms with van der Waals surface area (Å²) in [4.78, 5) is 10.5. The van der Waals surface area contributed by atoms with Crippen LogP contribution in [0.1, 0.15) is 26.2 Å². The van der Waals surface area contributed by atoms with E-state index in [9.17, 15) is 4.79 Å². The molecule has 1 aliphatic rings. The molecule has 0 saturated heterocycles. The van der Waals surface area contributed by atoms with Crippen molar-refractivity contribution in [1.82, 2.24) is 0 Å². The molecule has 0 aliphatic heterocycles. The van der Waals surface area contributed by atoms with Crippen LogP contribution in [0.3, 0.4) is 0 Å². The molecule has 3 heteroatoms. The normalized spacial score (nSPS) is 23.8. The van der Waals surface area contributed by atoms with E-state index in [0.29, 0.717) is 5.92 Å². The third kappa shape index (κ3) is 1.71. The lowest BCUT2D eigenvalue weighted by Gasteiger charge is -2.33. The first-order chi connectivity index (χ1) is 5.13. The van der Waals surface area contributed by atoms with E-state index in [1.54, 1.807) is 6.92 Å². The van der Waals surface area contributed by atoms with Crippen molar-refractivity contribution in [1.29, 1.82) is 0 Å². The van der Waals surface area contributed by atoms with Crippen molar-refractivity contribution in [2.45, 2.75) is 32.2 Å². The van der Waals surface area contributed by atoms with Crippen LogP contribution in [0.2, 0.25) is 0 Å². The summed E-state index contributed by atoms with van der Waals surface area (Å²) in [5, 5.41) is 8.64. The topological polar surface area (TPSA) is 63.3 Å². The van der Waals surface area contributed by atoms with Crippen LogP contribution in [-0.2, 0) is 4.79 Å². The van der Waals surface area contributed by atoms with E-state index in [4.69, 9.17) is 10.8 Å². The van der Waals surface area contributed by atoms with Crippen LogP contribution in [0.25, 0.3) is 0 Å². The van der Waals surface area contributed by atoms with Crippen LogP contribution in [0.4, 0.5) is 0 Å². The smallest absolute Gasteiger partial charge is 0.307 e. The molecule has 3 N–H and O–H groups in total. The number of aliphatic carboxylic acids is 1. The molecule has 0 radical (unpaired) electrons. The van der Waals surface area contributed by atoms with E-state index < -0.39 is 5.97 Å². The SMILES string of the molecule is CC(C(=O)O)C(N)C1CCC1. The number of hydrogen-bond acceptors (Lipinski definition) is 2. The second-order valence-corrected chi connectivity index (χ2v) is 3.40. The van der Waals surface area contributed by atoms with Gasteiger partial charge in [0, 0.05) is 6.04 Å². The first-order valence-electron chi connectivity index (χ1n) is 4.11. The summed E-state index contributed by atoms with van der Waals surface area (Å²) in [5.41, 5.74) is 5.74. The molecule has 0 spiro atoms. The zero-order chi connectivity index (χ0) is 8.43. The number of hydrogen-bond donors (Lipinski definition) is 2. The molecule has 11 heavy (non-hydrogen) atoms. The van der Waals surface area contributed by atoms with Crippen molar-refractivity contribution in [3.63, 3.8) is 0 Å². The van der Waals surface area contributed by atoms with Gasteiger partial charge in [-0.15, -0.1) is 0 Å². The minimum atomic E-state index is -0.774. The summed E-state index contributed by atoms with van der Waals surface area (Å²) in [7, 11) is 0. The van der Waals surface area contributed by atoms with Gasteiger partial charge in [0.1, 0.15) is 0 Å². The Morgan fingerprint density at radius 3 is 2.45 bits per heavy atom. The lowest BCUT2D eigenvalue weighted by atomic mass is 9.76. The Balaban J connectivity index is 2.38. The highest BCUT2D eigenvalue weighted by atomic mass is 16.4. The van der Waals surface area contributed by atoms with Gasteiger partial charge in [-0.2, -0.15) is 0 Å². The fraction of sp³-hybridized carbons (Fsp3) is 0.875. The van der Waals surface area contributed by atoms with Crippen LogP contribution in [-0.4, -0.2) is 17.1 Å². The Bertz CT molecular complexity index is 154. The molecule has 0 aromatic heterocycles. The predicted octanol–water partition coefficient (Wildman–Crippen LogP) is 0.834. The molecule has 0 bridgehead atoms. The van der Waals surface area contributed by atoms with Gasteiger partial charge in [0.15, 0.2) is 0 Å². The van der Waals surface area contributed by atoms with Gasteiger partial charge in [0.05, 0.1) is 5.92 Å². The first kappa shape index (κ1) is 8.53. The molecular formula is C8H15NO2. The summed E-state index contributed by atoms with van der Waals surface area (Å²) in [6.07, 6.45) is 3.43. The number of rotatable bonds is 3. The van der Waals surface area contributed by atoms with Gasteiger partial charge in [-0.05, 0) is 18.8 Å². The van der Waals surface area contributed by atoms with Crippen LogP contribution >= 0.6 is 0 Å². The van der Waals surface area contributed by atoms with Crippen molar-refractivity contribution >= 4 is 5.97 Å². The molecule has 1 rings (SSSR count). The first-order valence-corrected chi connectivity index (χ1v) is 4.11. The van der Waals surface area contributed by atoms with Crippen LogP contribution in [0.15, 0.2) is 0 Å². The maximum Gasteiger partial charge on any atom is 0.307 e. The Hall–Kier alpha value is -0.570. The maximum atomic E-state index is 10.5. The van der Waals surface area contributed by atoms with Crippen LogP contribution in [0.5, 0.6) is 0 Å². The molecule has 1 aliphatic carbocycles. The third-order valence-electron chi connectivity index (χ3n) is 2.66. The minimum absolute atomic E-state index is 0.138. The fourth-order valence-electron chi connectivity index (χ4n) is 1.40. The summed E-state index contributed by atoms with van der Waals surface area (Å²) < 4.78 is 0. The number of carboxylic acid groups (broad SMARTS) is 1. The van der Waals surface area contributed by atoms with Gasteiger partial charge in [-0.1, -0.05) is 13.3 Å². The molecule has 2 unspecified atom stereocenters. The fourth-order valence-corrected chi connectivity index (χ4v) is 1.40.